The number of halogens is 1. The van der Waals surface area contributed by atoms with E-state index in [2.05, 4.69) is 16.9 Å². The third-order valence-corrected chi connectivity index (χ3v) is 5.77. The lowest BCUT2D eigenvalue weighted by Gasteiger charge is -2.34. The number of amides is 2. The smallest absolute Gasteiger partial charge is 0.320 e. The van der Waals surface area contributed by atoms with Gasteiger partial charge in [0, 0.05) is 31.2 Å². The van der Waals surface area contributed by atoms with Crippen LogP contribution < -0.4 is 5.73 Å². The van der Waals surface area contributed by atoms with Crippen LogP contribution in [0.3, 0.4) is 0 Å². The molecule has 0 unspecified atom stereocenters. The number of nitrogen functional groups attached to an aromatic ring is 1. The monoisotopic (exact) mass is 408 g/mol. The molecule has 1 heterocycles. The molecule has 2 amide bonds. The molecular formula is C20H29ClN4O3. The highest BCUT2D eigenvalue weighted by Gasteiger charge is 2.35. The number of urea groups is 1. The first-order valence-electron chi connectivity index (χ1n) is 9.56. The second kappa shape index (κ2) is 9.78. The molecule has 28 heavy (non-hydrogen) atoms. The lowest BCUT2D eigenvalue weighted by atomic mass is 9.81. The maximum absolute atomic E-state index is 12.6. The van der Waals surface area contributed by atoms with Crippen molar-refractivity contribution in [2.24, 2.45) is 5.73 Å². The van der Waals surface area contributed by atoms with Crippen LogP contribution in [-0.4, -0.2) is 60.4 Å². The number of carbonyl (C=O) groups is 2. The van der Waals surface area contributed by atoms with Gasteiger partial charge in [0.1, 0.15) is 5.84 Å². The minimum absolute atomic E-state index is 0. The highest BCUT2D eigenvalue weighted by Crippen LogP contribution is 2.35. The Labute approximate surface area is 172 Å². The second-order valence-electron chi connectivity index (χ2n) is 7.33. The Morgan fingerprint density at radius 3 is 2.39 bits per heavy atom. The molecule has 0 aromatic heterocycles. The number of carbonyl (C=O) groups excluding carboxylic acids is 2. The molecule has 0 radical (unpaired) electrons. The first-order chi connectivity index (χ1) is 13.0. The van der Waals surface area contributed by atoms with E-state index in [1.165, 1.54) is 12.7 Å². The molecular weight excluding hydrogens is 380 g/mol. The van der Waals surface area contributed by atoms with Gasteiger partial charge in [-0.3, -0.25) is 10.2 Å². The summed E-state index contributed by atoms with van der Waals surface area (Å²) in [5.41, 5.74) is 7.55. The van der Waals surface area contributed by atoms with Crippen molar-refractivity contribution in [2.75, 3.05) is 26.7 Å². The van der Waals surface area contributed by atoms with Crippen LogP contribution in [0.2, 0.25) is 0 Å². The molecule has 3 N–H and O–H groups in total. The Kier molecular flexibility index (Phi) is 7.69. The molecule has 3 rings (SSSR count). The Morgan fingerprint density at radius 1 is 1.18 bits per heavy atom. The molecule has 1 saturated carbocycles. The van der Waals surface area contributed by atoms with Crippen molar-refractivity contribution < 1.29 is 14.3 Å². The first kappa shape index (κ1) is 22.0. The third kappa shape index (κ3) is 4.95. The van der Waals surface area contributed by atoms with Gasteiger partial charge in [-0.05, 0) is 37.2 Å². The van der Waals surface area contributed by atoms with Gasteiger partial charge < -0.3 is 20.3 Å². The van der Waals surface area contributed by atoms with E-state index < -0.39 is 0 Å². The van der Waals surface area contributed by atoms with E-state index in [0.29, 0.717) is 19.0 Å². The molecule has 2 fully saturated rings. The highest BCUT2D eigenvalue weighted by atomic mass is 35.5. The summed E-state index contributed by atoms with van der Waals surface area (Å²) >= 11 is 0. The molecule has 1 aromatic carbocycles. The summed E-state index contributed by atoms with van der Waals surface area (Å²) in [5.74, 6) is 0.308. The van der Waals surface area contributed by atoms with E-state index in [1.54, 1.807) is 4.90 Å². The van der Waals surface area contributed by atoms with Gasteiger partial charge >= 0.3 is 12.0 Å². The number of nitrogens with two attached hydrogens (primary N) is 1. The van der Waals surface area contributed by atoms with Gasteiger partial charge in [0.2, 0.25) is 0 Å². The number of benzene rings is 1. The quantitative estimate of drug-likeness (QED) is 0.429. The fourth-order valence-electron chi connectivity index (χ4n) is 4.13. The van der Waals surface area contributed by atoms with Crippen LogP contribution in [0.25, 0.3) is 0 Å². The van der Waals surface area contributed by atoms with Gasteiger partial charge in [0.25, 0.3) is 0 Å². The zero-order chi connectivity index (χ0) is 19.4. The van der Waals surface area contributed by atoms with Gasteiger partial charge in [-0.2, -0.15) is 0 Å². The van der Waals surface area contributed by atoms with Crippen LogP contribution in [0.15, 0.2) is 24.3 Å². The predicted molar refractivity (Wildman–Crippen MR) is 110 cm³/mol. The zero-order valence-corrected chi connectivity index (χ0v) is 17.0. The van der Waals surface area contributed by atoms with E-state index in [1.807, 2.05) is 17.0 Å². The topological polar surface area (TPSA) is 99.7 Å². The van der Waals surface area contributed by atoms with E-state index in [9.17, 15) is 9.59 Å². The second-order valence-corrected chi connectivity index (χ2v) is 7.33. The maximum atomic E-state index is 12.6. The van der Waals surface area contributed by atoms with Crippen LogP contribution in [0.4, 0.5) is 4.79 Å². The standard InChI is InChI=1S/C20H28N4O3.ClH/c1-27-18(25)10-11-23-12-13-24(20(23)26)17-8-6-15(7-9-17)14-2-4-16(5-3-14)19(21)22;/h2-5,15,17H,6-13H2,1H3,(H3,21,22);1H. The third-order valence-electron chi connectivity index (χ3n) is 5.77. The normalized spacial score (nSPS) is 22.0. The fraction of sp³-hybridized carbons (Fsp3) is 0.550. The van der Waals surface area contributed by atoms with Crippen molar-refractivity contribution >= 4 is 30.2 Å². The summed E-state index contributed by atoms with van der Waals surface area (Å²) in [6.45, 7) is 1.85. The number of esters is 1. The molecule has 1 aliphatic heterocycles. The van der Waals surface area contributed by atoms with Crippen LogP contribution in [0.1, 0.15) is 49.1 Å². The molecule has 1 aliphatic carbocycles. The molecule has 0 spiro atoms. The Balaban J connectivity index is 0.00000280. The van der Waals surface area contributed by atoms with Gasteiger partial charge in [-0.15, -0.1) is 12.4 Å². The molecule has 154 valence electrons. The van der Waals surface area contributed by atoms with Crippen molar-refractivity contribution in [2.45, 2.75) is 44.1 Å². The van der Waals surface area contributed by atoms with Gasteiger partial charge in [0.15, 0.2) is 0 Å². The summed E-state index contributed by atoms with van der Waals surface area (Å²) < 4.78 is 4.65. The summed E-state index contributed by atoms with van der Waals surface area (Å²) in [4.78, 5) is 27.7. The number of nitrogens with one attached hydrogen (secondary N) is 1. The first-order valence-corrected chi connectivity index (χ1v) is 9.56. The summed E-state index contributed by atoms with van der Waals surface area (Å²) in [5, 5.41) is 7.48. The van der Waals surface area contributed by atoms with Crippen molar-refractivity contribution in [1.82, 2.24) is 9.80 Å². The number of hydrogen-bond donors (Lipinski definition) is 2. The molecule has 0 atom stereocenters. The Bertz CT molecular complexity index is 702. The zero-order valence-electron chi connectivity index (χ0n) is 16.2. The number of ether oxygens (including phenoxy) is 1. The number of methoxy groups -OCH3 is 1. The molecule has 1 aromatic rings. The van der Waals surface area contributed by atoms with E-state index >= 15 is 0 Å². The predicted octanol–water partition coefficient (Wildman–Crippen LogP) is 2.72. The van der Waals surface area contributed by atoms with Gasteiger partial charge in [0.05, 0.1) is 13.5 Å². The van der Waals surface area contributed by atoms with Crippen molar-refractivity contribution in [3.63, 3.8) is 0 Å². The Morgan fingerprint density at radius 2 is 1.82 bits per heavy atom. The average molecular weight is 409 g/mol. The van der Waals surface area contributed by atoms with Gasteiger partial charge in [-0.25, -0.2) is 4.79 Å². The number of rotatable bonds is 6. The maximum Gasteiger partial charge on any atom is 0.320 e. The fourth-order valence-corrected chi connectivity index (χ4v) is 4.13. The van der Waals surface area contributed by atoms with Gasteiger partial charge in [-0.1, -0.05) is 24.3 Å². The molecule has 0 bridgehead atoms. The van der Waals surface area contributed by atoms with E-state index in [4.69, 9.17) is 11.1 Å². The van der Waals surface area contributed by atoms with Crippen molar-refractivity contribution in [3.05, 3.63) is 35.4 Å². The minimum atomic E-state index is -0.280. The summed E-state index contributed by atoms with van der Waals surface area (Å²) in [6, 6.07) is 8.29. The lowest BCUT2D eigenvalue weighted by Crippen LogP contribution is -2.41. The van der Waals surface area contributed by atoms with Crippen LogP contribution >= 0.6 is 12.4 Å². The summed E-state index contributed by atoms with van der Waals surface area (Å²) in [7, 11) is 1.37. The van der Waals surface area contributed by atoms with Crippen LogP contribution in [0.5, 0.6) is 0 Å². The number of amidine groups is 1. The molecule has 7 nitrogen and oxygen atoms in total. The van der Waals surface area contributed by atoms with Crippen LogP contribution in [-0.2, 0) is 9.53 Å². The van der Waals surface area contributed by atoms with E-state index in [0.717, 1.165) is 37.8 Å². The number of nitrogens with zero attached hydrogens (tertiary/aromatic N) is 2. The molecule has 8 heteroatoms. The molecule has 2 aliphatic rings. The van der Waals surface area contributed by atoms with Crippen LogP contribution in [0, 0.1) is 5.41 Å². The number of hydrogen-bond acceptors (Lipinski definition) is 4. The lowest BCUT2D eigenvalue weighted by molar-refractivity contribution is -0.140. The minimum Gasteiger partial charge on any atom is -0.469 e. The average Bonchev–Trinajstić information content (AvgIpc) is 3.06. The Hall–Kier alpha value is -2.28. The van der Waals surface area contributed by atoms with Crippen molar-refractivity contribution in [3.8, 4) is 0 Å². The summed E-state index contributed by atoms with van der Waals surface area (Å²) in [6.07, 6.45) is 4.34. The van der Waals surface area contributed by atoms with E-state index in [-0.39, 0.29) is 42.7 Å². The largest absolute Gasteiger partial charge is 0.469 e. The highest BCUT2D eigenvalue weighted by molar-refractivity contribution is 5.94. The SMILES string of the molecule is COC(=O)CCN1CCN(C2CCC(c3ccc(C(=N)N)cc3)CC2)C1=O.Cl. The van der Waals surface area contributed by atoms with Crippen molar-refractivity contribution in [1.29, 1.82) is 5.41 Å². The molecule has 1 saturated heterocycles.